The normalized spacial score (nSPS) is 26.9. The van der Waals surface area contributed by atoms with Gasteiger partial charge in [0.15, 0.2) is 0 Å². The smallest absolute Gasteiger partial charge is 0.254 e. The van der Waals surface area contributed by atoms with E-state index in [1.54, 1.807) is 0 Å². The van der Waals surface area contributed by atoms with E-state index in [1.807, 2.05) is 24.3 Å². The number of hydrogen-bond acceptors (Lipinski definition) is 1. The molecule has 132 valence electrons. The van der Waals surface area contributed by atoms with Crippen LogP contribution >= 0.6 is 0 Å². The number of aromatic amines is 1. The average molecular weight is 344 g/mol. The Labute approximate surface area is 153 Å². The standard InChI is InChI=1S/C23H24N2O/c1-3-15-10-17-13-23(2,12-15)14-25(17)22(26)16-8-9-21-19(11-16)18-6-4-5-7-20(18)24-21/h3-9,11,17,24H,10,12-14H2,1-2H3/b15-3-. The fourth-order valence-electron chi connectivity index (χ4n) is 5.12. The van der Waals surface area contributed by atoms with Crippen LogP contribution < -0.4 is 0 Å². The van der Waals surface area contributed by atoms with Gasteiger partial charge in [0.2, 0.25) is 0 Å². The number of likely N-dealkylation sites (tertiary alicyclic amines) is 1. The molecule has 2 aromatic carbocycles. The largest absolute Gasteiger partial charge is 0.355 e. The van der Waals surface area contributed by atoms with Crippen LogP contribution in [0.1, 0.15) is 43.5 Å². The fourth-order valence-corrected chi connectivity index (χ4v) is 5.12. The zero-order valence-corrected chi connectivity index (χ0v) is 15.4. The first-order valence-corrected chi connectivity index (χ1v) is 9.52. The summed E-state index contributed by atoms with van der Waals surface area (Å²) in [5.74, 6) is 0.184. The zero-order valence-electron chi connectivity index (χ0n) is 15.4. The molecule has 5 rings (SSSR count). The third kappa shape index (κ3) is 2.30. The lowest BCUT2D eigenvalue weighted by molar-refractivity contribution is 0.0733. The third-order valence-electron chi connectivity index (χ3n) is 6.30. The molecule has 1 amide bonds. The lowest BCUT2D eigenvalue weighted by Gasteiger charge is -2.29. The van der Waals surface area contributed by atoms with Crippen molar-refractivity contribution in [3.63, 3.8) is 0 Å². The molecule has 3 heteroatoms. The summed E-state index contributed by atoms with van der Waals surface area (Å²) in [7, 11) is 0. The van der Waals surface area contributed by atoms with Gasteiger partial charge in [0, 0.05) is 40.0 Å². The minimum absolute atomic E-state index is 0.184. The highest BCUT2D eigenvalue weighted by molar-refractivity contribution is 6.10. The molecule has 26 heavy (non-hydrogen) atoms. The zero-order chi connectivity index (χ0) is 17.9. The van der Waals surface area contributed by atoms with E-state index in [9.17, 15) is 4.79 Å². The van der Waals surface area contributed by atoms with Crippen molar-refractivity contribution in [3.05, 3.63) is 59.7 Å². The van der Waals surface area contributed by atoms with Crippen LogP contribution in [0.25, 0.3) is 21.8 Å². The van der Waals surface area contributed by atoms with Crippen LogP contribution in [-0.2, 0) is 0 Å². The fraction of sp³-hybridized carbons (Fsp3) is 0.348. The van der Waals surface area contributed by atoms with Crippen LogP contribution in [0.2, 0.25) is 0 Å². The van der Waals surface area contributed by atoms with Crippen LogP contribution in [0, 0.1) is 5.41 Å². The summed E-state index contributed by atoms with van der Waals surface area (Å²) < 4.78 is 0. The molecule has 1 aromatic heterocycles. The van der Waals surface area contributed by atoms with Gasteiger partial charge in [-0.05, 0) is 55.9 Å². The number of hydrogen-bond donors (Lipinski definition) is 1. The van der Waals surface area contributed by atoms with Crippen molar-refractivity contribution < 1.29 is 4.79 Å². The van der Waals surface area contributed by atoms with E-state index in [0.29, 0.717) is 6.04 Å². The number of amides is 1. The minimum Gasteiger partial charge on any atom is -0.355 e. The molecule has 2 bridgehead atoms. The lowest BCUT2D eigenvalue weighted by Crippen LogP contribution is -2.35. The second-order valence-corrected chi connectivity index (χ2v) is 8.36. The van der Waals surface area contributed by atoms with E-state index in [0.717, 1.165) is 47.8 Å². The van der Waals surface area contributed by atoms with E-state index < -0.39 is 0 Å². The lowest BCUT2D eigenvalue weighted by atomic mass is 9.75. The highest BCUT2D eigenvalue weighted by Gasteiger charge is 2.46. The molecule has 2 aliphatic rings. The quantitative estimate of drug-likeness (QED) is 0.599. The third-order valence-corrected chi connectivity index (χ3v) is 6.30. The Morgan fingerprint density at radius 2 is 2.00 bits per heavy atom. The Morgan fingerprint density at radius 1 is 1.19 bits per heavy atom. The number of nitrogens with one attached hydrogen (secondary N) is 1. The molecule has 1 N–H and O–H groups in total. The highest BCUT2D eigenvalue weighted by atomic mass is 16.2. The van der Waals surface area contributed by atoms with Crippen LogP contribution in [0.4, 0.5) is 0 Å². The molecule has 1 saturated carbocycles. The molecule has 0 radical (unpaired) electrons. The van der Waals surface area contributed by atoms with Gasteiger partial charge in [0.05, 0.1) is 0 Å². The number of para-hydroxylation sites is 1. The molecule has 1 aliphatic carbocycles. The molecular weight excluding hydrogens is 320 g/mol. The van der Waals surface area contributed by atoms with E-state index in [2.05, 4.69) is 48.0 Å². The van der Waals surface area contributed by atoms with Crippen LogP contribution in [0.3, 0.4) is 0 Å². The first-order chi connectivity index (χ1) is 12.6. The summed E-state index contributed by atoms with van der Waals surface area (Å²) in [6.07, 6.45) is 5.54. The second kappa shape index (κ2) is 5.47. The van der Waals surface area contributed by atoms with Crippen molar-refractivity contribution in [2.24, 2.45) is 5.41 Å². The number of rotatable bonds is 1. The second-order valence-electron chi connectivity index (χ2n) is 8.36. The van der Waals surface area contributed by atoms with Gasteiger partial charge < -0.3 is 9.88 Å². The van der Waals surface area contributed by atoms with Crippen molar-refractivity contribution in [2.45, 2.75) is 39.2 Å². The maximum atomic E-state index is 13.3. The van der Waals surface area contributed by atoms with E-state index in [4.69, 9.17) is 0 Å². The van der Waals surface area contributed by atoms with Crippen LogP contribution in [0.5, 0.6) is 0 Å². The van der Waals surface area contributed by atoms with Crippen molar-refractivity contribution in [2.75, 3.05) is 6.54 Å². The molecule has 2 heterocycles. The summed E-state index contributed by atoms with van der Waals surface area (Å²) in [6.45, 7) is 5.33. The number of aromatic nitrogens is 1. The molecule has 3 aromatic rings. The Bertz CT molecular complexity index is 1060. The molecule has 2 atom stereocenters. The minimum atomic E-state index is 0.184. The summed E-state index contributed by atoms with van der Waals surface area (Å²) in [5, 5.41) is 2.31. The predicted molar refractivity (Wildman–Crippen MR) is 106 cm³/mol. The van der Waals surface area contributed by atoms with Gasteiger partial charge in [-0.25, -0.2) is 0 Å². The number of allylic oxidation sites excluding steroid dienone is 1. The van der Waals surface area contributed by atoms with Crippen LogP contribution in [-0.4, -0.2) is 28.4 Å². The highest BCUT2D eigenvalue weighted by Crippen LogP contribution is 2.47. The van der Waals surface area contributed by atoms with Gasteiger partial charge >= 0.3 is 0 Å². The van der Waals surface area contributed by atoms with Crippen molar-refractivity contribution >= 4 is 27.7 Å². The maximum Gasteiger partial charge on any atom is 0.254 e. The number of fused-ring (bicyclic) bond motifs is 5. The number of carbonyl (C=O) groups excluding carboxylic acids is 1. The maximum absolute atomic E-state index is 13.3. The average Bonchev–Trinajstić information content (AvgIpc) is 3.14. The number of carbonyl (C=O) groups is 1. The Balaban J connectivity index is 1.54. The van der Waals surface area contributed by atoms with Crippen LogP contribution in [0.15, 0.2) is 54.1 Å². The van der Waals surface area contributed by atoms with Gasteiger partial charge in [0.1, 0.15) is 0 Å². The van der Waals surface area contributed by atoms with E-state index in [1.165, 1.54) is 11.0 Å². The summed E-state index contributed by atoms with van der Waals surface area (Å²) >= 11 is 0. The molecule has 0 spiro atoms. The SMILES string of the molecule is C/C=C1/CC2CC(C)(C1)CN2C(=O)c1ccc2[nH]c3ccccc3c2c1. The van der Waals surface area contributed by atoms with Gasteiger partial charge in [0.25, 0.3) is 5.91 Å². The Morgan fingerprint density at radius 3 is 2.85 bits per heavy atom. The van der Waals surface area contributed by atoms with Gasteiger partial charge in [-0.1, -0.05) is 36.8 Å². The van der Waals surface area contributed by atoms with E-state index in [-0.39, 0.29) is 11.3 Å². The van der Waals surface area contributed by atoms with Crippen molar-refractivity contribution in [3.8, 4) is 0 Å². The molecule has 2 fully saturated rings. The van der Waals surface area contributed by atoms with Gasteiger partial charge in [-0.2, -0.15) is 0 Å². The number of H-pyrrole nitrogens is 1. The molecular formula is C23H24N2O. The van der Waals surface area contributed by atoms with Gasteiger partial charge in [-0.3, -0.25) is 4.79 Å². The molecule has 1 aliphatic heterocycles. The van der Waals surface area contributed by atoms with Gasteiger partial charge in [-0.15, -0.1) is 0 Å². The topological polar surface area (TPSA) is 36.1 Å². The first-order valence-electron chi connectivity index (χ1n) is 9.52. The summed E-state index contributed by atoms with van der Waals surface area (Å²) in [6, 6.07) is 14.7. The monoisotopic (exact) mass is 344 g/mol. The molecule has 3 nitrogen and oxygen atoms in total. The summed E-state index contributed by atoms with van der Waals surface area (Å²) in [5.41, 5.74) is 4.76. The molecule has 2 unspecified atom stereocenters. The van der Waals surface area contributed by atoms with E-state index >= 15 is 0 Å². The van der Waals surface area contributed by atoms with Crippen molar-refractivity contribution in [1.29, 1.82) is 0 Å². The molecule has 1 saturated heterocycles. The first kappa shape index (κ1) is 15.7. The Hall–Kier alpha value is -2.55. The number of benzene rings is 2. The van der Waals surface area contributed by atoms with Crippen molar-refractivity contribution in [1.82, 2.24) is 9.88 Å². The summed E-state index contributed by atoms with van der Waals surface area (Å²) in [4.78, 5) is 18.9. The number of nitrogens with zero attached hydrogens (tertiary/aromatic N) is 1. The predicted octanol–water partition coefficient (Wildman–Crippen LogP) is 5.28. The Kier molecular flexibility index (Phi) is 3.30.